The van der Waals surface area contributed by atoms with Crippen molar-refractivity contribution in [2.45, 2.75) is 39.4 Å². The molecule has 0 aliphatic rings. The summed E-state index contributed by atoms with van der Waals surface area (Å²) >= 11 is 7.40. The molecule has 1 aromatic rings. The molecule has 90 valence electrons. The summed E-state index contributed by atoms with van der Waals surface area (Å²) in [7, 11) is 0. The van der Waals surface area contributed by atoms with Crippen LogP contribution in [0.15, 0.2) is 11.4 Å². The van der Waals surface area contributed by atoms with Crippen molar-refractivity contribution in [2.75, 3.05) is 0 Å². The summed E-state index contributed by atoms with van der Waals surface area (Å²) in [5.74, 6) is 0.0256. The topological polar surface area (TPSA) is 41.1 Å². The highest BCUT2D eigenvalue weighted by Crippen LogP contribution is 2.18. The molecule has 16 heavy (non-hydrogen) atoms. The number of halogens is 1. The molecule has 5 heteroatoms. The molecule has 0 saturated carbocycles. The highest BCUT2D eigenvalue weighted by molar-refractivity contribution is 7.10. The lowest BCUT2D eigenvalue weighted by atomic mass is 10.2. The molecule has 1 heterocycles. The number of carbonyl (C=O) groups excluding carboxylic acids is 1. The van der Waals surface area contributed by atoms with Crippen LogP contribution in [-0.2, 0) is 11.3 Å². The van der Waals surface area contributed by atoms with Crippen LogP contribution in [-0.4, -0.2) is 18.0 Å². The van der Waals surface area contributed by atoms with Gasteiger partial charge in [-0.1, -0.05) is 11.6 Å². The first-order valence-corrected chi connectivity index (χ1v) is 6.51. The zero-order valence-corrected chi connectivity index (χ0v) is 11.3. The molecular formula is C11H17ClN2OS. The van der Waals surface area contributed by atoms with Crippen LogP contribution in [0.3, 0.4) is 0 Å². The van der Waals surface area contributed by atoms with E-state index in [2.05, 4.69) is 10.6 Å². The molecule has 0 fully saturated rings. The van der Waals surface area contributed by atoms with Gasteiger partial charge >= 0.3 is 0 Å². The Kier molecular flexibility index (Phi) is 5.25. The third kappa shape index (κ3) is 4.51. The van der Waals surface area contributed by atoms with E-state index in [0.717, 1.165) is 9.90 Å². The van der Waals surface area contributed by atoms with Gasteiger partial charge in [-0.25, -0.2) is 0 Å². The molecule has 0 saturated heterocycles. The number of hydrogen-bond acceptors (Lipinski definition) is 3. The summed E-state index contributed by atoms with van der Waals surface area (Å²) in [6.07, 6.45) is 0. The summed E-state index contributed by atoms with van der Waals surface area (Å²) in [5, 5.41) is 8.65. The van der Waals surface area contributed by atoms with Crippen molar-refractivity contribution in [3.8, 4) is 0 Å². The average molecular weight is 261 g/mol. The maximum absolute atomic E-state index is 11.6. The highest BCUT2D eigenvalue weighted by atomic mass is 35.5. The van der Waals surface area contributed by atoms with E-state index in [1.54, 1.807) is 11.3 Å². The Morgan fingerprint density at radius 3 is 2.69 bits per heavy atom. The standard InChI is InChI=1S/C11H17ClN2OS/c1-7(2)14-11(15)8(3)13-5-10-4-9(12)6-16-10/h4,6-8,13H,5H2,1-3H3,(H,14,15). The van der Waals surface area contributed by atoms with Gasteiger partial charge in [0, 0.05) is 22.8 Å². The Hall–Kier alpha value is -0.580. The van der Waals surface area contributed by atoms with Crippen LogP contribution in [0.4, 0.5) is 0 Å². The first kappa shape index (κ1) is 13.5. The van der Waals surface area contributed by atoms with Crippen molar-refractivity contribution in [1.29, 1.82) is 0 Å². The number of hydrogen-bond donors (Lipinski definition) is 2. The Morgan fingerprint density at radius 2 is 2.19 bits per heavy atom. The number of rotatable bonds is 5. The number of carbonyl (C=O) groups is 1. The second kappa shape index (κ2) is 6.23. The van der Waals surface area contributed by atoms with Crippen molar-refractivity contribution in [2.24, 2.45) is 0 Å². The minimum absolute atomic E-state index is 0.0256. The van der Waals surface area contributed by atoms with Gasteiger partial charge in [0.1, 0.15) is 0 Å². The van der Waals surface area contributed by atoms with E-state index in [1.165, 1.54) is 0 Å². The third-order valence-electron chi connectivity index (χ3n) is 2.03. The zero-order chi connectivity index (χ0) is 12.1. The van der Waals surface area contributed by atoms with Gasteiger partial charge in [0.2, 0.25) is 5.91 Å². The summed E-state index contributed by atoms with van der Waals surface area (Å²) in [4.78, 5) is 12.7. The Labute approximate surface area is 105 Å². The molecule has 2 N–H and O–H groups in total. The number of thiophene rings is 1. The van der Waals surface area contributed by atoms with Crippen LogP contribution in [0.2, 0.25) is 5.02 Å². The van der Waals surface area contributed by atoms with Gasteiger partial charge in [-0.15, -0.1) is 11.3 Å². The minimum Gasteiger partial charge on any atom is -0.353 e. The largest absolute Gasteiger partial charge is 0.353 e. The molecule has 1 aromatic heterocycles. The van der Waals surface area contributed by atoms with Crippen LogP contribution >= 0.6 is 22.9 Å². The van der Waals surface area contributed by atoms with E-state index in [4.69, 9.17) is 11.6 Å². The molecular weight excluding hydrogens is 244 g/mol. The van der Waals surface area contributed by atoms with Crippen molar-refractivity contribution in [3.05, 3.63) is 21.3 Å². The fourth-order valence-corrected chi connectivity index (χ4v) is 2.23. The van der Waals surface area contributed by atoms with E-state index in [0.29, 0.717) is 6.54 Å². The van der Waals surface area contributed by atoms with E-state index in [1.807, 2.05) is 32.2 Å². The van der Waals surface area contributed by atoms with Gasteiger partial charge in [-0.05, 0) is 26.8 Å². The van der Waals surface area contributed by atoms with Crippen LogP contribution in [0.1, 0.15) is 25.6 Å². The fraction of sp³-hybridized carbons (Fsp3) is 0.545. The zero-order valence-electron chi connectivity index (χ0n) is 9.71. The van der Waals surface area contributed by atoms with Gasteiger partial charge in [0.15, 0.2) is 0 Å². The Balaban J connectivity index is 2.34. The van der Waals surface area contributed by atoms with Gasteiger partial charge in [0.05, 0.1) is 11.1 Å². The quantitative estimate of drug-likeness (QED) is 0.854. The van der Waals surface area contributed by atoms with Gasteiger partial charge in [-0.3, -0.25) is 4.79 Å². The van der Waals surface area contributed by atoms with Crippen molar-refractivity contribution in [3.63, 3.8) is 0 Å². The lowest BCUT2D eigenvalue weighted by Crippen LogP contribution is -2.44. The maximum atomic E-state index is 11.6. The molecule has 0 aliphatic carbocycles. The average Bonchev–Trinajstić information content (AvgIpc) is 2.59. The first-order chi connectivity index (χ1) is 7.49. The Bertz CT molecular complexity index is 352. The van der Waals surface area contributed by atoms with E-state index in [-0.39, 0.29) is 18.0 Å². The predicted molar refractivity (Wildman–Crippen MR) is 68.9 cm³/mol. The highest BCUT2D eigenvalue weighted by Gasteiger charge is 2.12. The summed E-state index contributed by atoms with van der Waals surface area (Å²) in [6.45, 7) is 6.42. The SMILES string of the molecule is CC(C)NC(=O)C(C)NCc1cc(Cl)cs1. The van der Waals surface area contributed by atoms with Crippen molar-refractivity contribution in [1.82, 2.24) is 10.6 Å². The molecule has 0 radical (unpaired) electrons. The van der Waals surface area contributed by atoms with E-state index in [9.17, 15) is 4.79 Å². The minimum atomic E-state index is -0.191. The molecule has 0 spiro atoms. The van der Waals surface area contributed by atoms with Gasteiger partial charge < -0.3 is 10.6 Å². The van der Waals surface area contributed by atoms with Crippen molar-refractivity contribution >= 4 is 28.8 Å². The lowest BCUT2D eigenvalue weighted by molar-refractivity contribution is -0.123. The molecule has 0 aromatic carbocycles. The summed E-state index contributed by atoms with van der Waals surface area (Å²) < 4.78 is 0. The maximum Gasteiger partial charge on any atom is 0.237 e. The molecule has 3 nitrogen and oxygen atoms in total. The molecule has 1 atom stereocenters. The van der Waals surface area contributed by atoms with Crippen LogP contribution in [0.25, 0.3) is 0 Å². The number of amides is 1. The molecule has 1 amide bonds. The third-order valence-corrected chi connectivity index (χ3v) is 3.31. The fourth-order valence-electron chi connectivity index (χ4n) is 1.20. The normalized spacial score (nSPS) is 12.8. The van der Waals surface area contributed by atoms with E-state index >= 15 is 0 Å². The molecule has 1 unspecified atom stereocenters. The second-order valence-corrected chi connectivity index (χ2v) is 5.43. The van der Waals surface area contributed by atoms with Crippen molar-refractivity contribution < 1.29 is 4.79 Å². The van der Waals surface area contributed by atoms with Crippen LogP contribution in [0, 0.1) is 0 Å². The predicted octanol–water partition coefficient (Wildman–Crippen LogP) is 2.40. The first-order valence-electron chi connectivity index (χ1n) is 5.25. The van der Waals surface area contributed by atoms with E-state index < -0.39 is 0 Å². The van der Waals surface area contributed by atoms with Gasteiger partial charge in [0.25, 0.3) is 0 Å². The monoisotopic (exact) mass is 260 g/mol. The number of nitrogens with one attached hydrogen (secondary N) is 2. The lowest BCUT2D eigenvalue weighted by Gasteiger charge is -2.15. The molecule has 0 aliphatic heterocycles. The summed E-state index contributed by atoms with van der Waals surface area (Å²) in [6, 6.07) is 1.89. The van der Waals surface area contributed by atoms with Gasteiger partial charge in [-0.2, -0.15) is 0 Å². The van der Waals surface area contributed by atoms with Crippen LogP contribution < -0.4 is 10.6 Å². The molecule has 1 rings (SSSR count). The smallest absolute Gasteiger partial charge is 0.237 e. The molecule has 0 bridgehead atoms. The Morgan fingerprint density at radius 1 is 1.50 bits per heavy atom. The van der Waals surface area contributed by atoms with Crippen LogP contribution in [0.5, 0.6) is 0 Å². The summed E-state index contributed by atoms with van der Waals surface area (Å²) in [5.41, 5.74) is 0. The second-order valence-electron chi connectivity index (χ2n) is 4.00.